The molecular formula is C23H59B. The van der Waals surface area contributed by atoms with Crippen molar-refractivity contribution < 1.29 is 1.43 Å². The Kier molecular flexibility index (Phi) is 92.8. The van der Waals surface area contributed by atoms with Gasteiger partial charge in [0.25, 0.3) is 0 Å². The van der Waals surface area contributed by atoms with Crippen molar-refractivity contribution in [1.82, 2.24) is 0 Å². The molecule has 1 heteroatoms. The van der Waals surface area contributed by atoms with Crippen molar-refractivity contribution in [3.8, 4) is 0 Å². The van der Waals surface area contributed by atoms with Crippen LogP contribution in [0.4, 0.5) is 0 Å². The quantitative estimate of drug-likeness (QED) is 0.257. The summed E-state index contributed by atoms with van der Waals surface area (Å²) in [6.45, 7) is 15.0. The summed E-state index contributed by atoms with van der Waals surface area (Å²) >= 11 is 0. The van der Waals surface area contributed by atoms with Gasteiger partial charge < -0.3 is 0 Å². The third-order valence-corrected chi connectivity index (χ3v) is 3.01. The first-order valence-electron chi connectivity index (χ1n) is 10.4. The Morgan fingerprint density at radius 2 is 0.708 bits per heavy atom. The van der Waals surface area contributed by atoms with Crippen molar-refractivity contribution in [2.24, 2.45) is 0 Å². The highest BCUT2D eigenvalue weighted by atomic mass is 13.9. The van der Waals surface area contributed by atoms with Gasteiger partial charge >= 0.3 is 0 Å². The molecule has 2 radical (unpaired) electrons. The van der Waals surface area contributed by atoms with Crippen molar-refractivity contribution >= 4 is 7.85 Å². The lowest BCUT2D eigenvalue weighted by Crippen LogP contribution is -1.78. The lowest BCUT2D eigenvalue weighted by Gasteiger charge is -1.97. The molecule has 154 valence electrons. The van der Waals surface area contributed by atoms with Gasteiger partial charge in [-0.2, -0.15) is 0 Å². The maximum Gasteiger partial charge on any atom is 0.0653 e. The van der Waals surface area contributed by atoms with E-state index in [1.54, 1.807) is 0 Å². The SMILES string of the molecule is C.C.CC.CCC.CCCCCCC.[2HH].[B]CCCCCCCCC. The first kappa shape index (κ1) is 39.2. The van der Waals surface area contributed by atoms with Crippen LogP contribution in [0.2, 0.25) is 6.32 Å². The van der Waals surface area contributed by atoms with E-state index in [0.29, 0.717) is 0 Å². The lowest BCUT2D eigenvalue weighted by molar-refractivity contribution is 0.602. The topological polar surface area (TPSA) is 0 Å². The fourth-order valence-corrected chi connectivity index (χ4v) is 1.78. The van der Waals surface area contributed by atoms with Gasteiger partial charge in [0.15, 0.2) is 0 Å². The molecule has 0 aliphatic carbocycles. The van der Waals surface area contributed by atoms with Crippen LogP contribution in [0.5, 0.6) is 0 Å². The first-order valence-corrected chi connectivity index (χ1v) is 10.4. The van der Waals surface area contributed by atoms with E-state index in [0.717, 1.165) is 6.32 Å². The summed E-state index contributed by atoms with van der Waals surface area (Å²) in [5, 5.41) is 0. The van der Waals surface area contributed by atoms with Crippen molar-refractivity contribution in [3.63, 3.8) is 0 Å². The van der Waals surface area contributed by atoms with Gasteiger partial charge in [-0.3, -0.25) is 0 Å². The van der Waals surface area contributed by atoms with Crippen molar-refractivity contribution in [3.05, 3.63) is 0 Å². The standard InChI is InChI=1S/C9H19B.C7H16.C3H8.C2H6.2CH4.H2/c1-2-3-4-5-6-7-8-9-10;1-3-5-7-6-4-2;1-3-2;1-2;;;/h2-9H2,1H3;3-7H2,1-2H3;3H2,1-2H3;1-2H3;2*1H4;1H/i;;;;;;1+1. The Balaban J connectivity index is -0.0000000384. The molecule has 0 nitrogen and oxygen atoms in total. The number of rotatable bonds is 11. The Bertz CT molecular complexity index is 107. The second kappa shape index (κ2) is 56.8. The molecule has 24 heavy (non-hydrogen) atoms. The molecule has 0 spiro atoms. The summed E-state index contributed by atoms with van der Waals surface area (Å²) in [5.41, 5.74) is 0. The maximum atomic E-state index is 5.37. The van der Waals surface area contributed by atoms with Crippen molar-refractivity contribution in [2.45, 2.75) is 153 Å². The van der Waals surface area contributed by atoms with Crippen LogP contribution >= 0.6 is 0 Å². The minimum absolute atomic E-state index is 0. The summed E-state index contributed by atoms with van der Waals surface area (Å²) in [6, 6.07) is 0. The van der Waals surface area contributed by atoms with Crippen molar-refractivity contribution in [1.29, 1.82) is 0 Å². The monoisotopic (exact) mass is 347 g/mol. The highest BCUT2D eigenvalue weighted by Gasteiger charge is 1.87. The van der Waals surface area contributed by atoms with E-state index < -0.39 is 0 Å². The summed E-state index contributed by atoms with van der Waals surface area (Å²) in [5.74, 6) is 0. The largest absolute Gasteiger partial charge is 0.0887 e. The van der Waals surface area contributed by atoms with Gasteiger partial charge in [0.1, 0.15) is 0 Å². The predicted molar refractivity (Wildman–Crippen MR) is 126 cm³/mol. The van der Waals surface area contributed by atoms with E-state index in [9.17, 15) is 0 Å². The highest BCUT2D eigenvalue weighted by molar-refractivity contribution is 6.08. The smallest absolute Gasteiger partial charge is 0.0653 e. The minimum Gasteiger partial charge on any atom is -0.0887 e. The molecule has 0 aromatic heterocycles. The Labute approximate surface area is 162 Å². The molecule has 0 aliphatic rings. The van der Waals surface area contributed by atoms with Crippen LogP contribution in [0.15, 0.2) is 0 Å². The minimum atomic E-state index is 0. The first-order chi connectivity index (χ1) is 10.7. The fraction of sp³-hybridized carbons (Fsp3) is 1.00. The second-order valence-corrected chi connectivity index (χ2v) is 5.68. The average Bonchev–Trinajstić information content (AvgIpc) is 2.55. The van der Waals surface area contributed by atoms with Gasteiger partial charge in [0, 0.05) is 1.43 Å². The molecule has 0 fully saturated rings. The Morgan fingerprint density at radius 1 is 0.500 bits per heavy atom. The maximum absolute atomic E-state index is 5.37. The van der Waals surface area contributed by atoms with E-state index in [-0.39, 0.29) is 16.3 Å². The molecule has 0 aromatic carbocycles. The molecule has 0 unspecified atom stereocenters. The molecule has 0 saturated carbocycles. The fourth-order valence-electron chi connectivity index (χ4n) is 1.78. The van der Waals surface area contributed by atoms with Crippen molar-refractivity contribution in [2.75, 3.05) is 0 Å². The number of hydrogen-bond donors (Lipinski definition) is 0. The van der Waals surface area contributed by atoms with Gasteiger partial charge in [-0.05, 0) is 0 Å². The molecule has 0 aromatic rings. The molecule has 0 bridgehead atoms. The van der Waals surface area contributed by atoms with Crippen LogP contribution in [0.25, 0.3) is 0 Å². The molecule has 0 amide bonds. The average molecular weight is 348 g/mol. The molecule has 0 saturated heterocycles. The lowest BCUT2D eigenvalue weighted by atomic mass is 9.98. The zero-order valence-electron chi connectivity index (χ0n) is 17.5. The van der Waals surface area contributed by atoms with E-state index in [1.165, 1.54) is 83.5 Å². The van der Waals surface area contributed by atoms with Gasteiger partial charge in [-0.15, -0.1) is 0 Å². The van der Waals surface area contributed by atoms with Crippen LogP contribution in [0.3, 0.4) is 0 Å². The van der Waals surface area contributed by atoms with Gasteiger partial charge in [-0.25, -0.2) is 0 Å². The summed E-state index contributed by atoms with van der Waals surface area (Å²) < 4.78 is 0. The summed E-state index contributed by atoms with van der Waals surface area (Å²) in [4.78, 5) is 0. The van der Waals surface area contributed by atoms with E-state index in [1.807, 2.05) is 13.8 Å². The predicted octanol–water partition coefficient (Wildman–Crippen LogP) is 10.3. The van der Waals surface area contributed by atoms with E-state index >= 15 is 0 Å². The molecule has 0 N–H and O–H groups in total. The zero-order valence-corrected chi connectivity index (χ0v) is 17.5. The van der Waals surface area contributed by atoms with E-state index in [4.69, 9.17) is 7.85 Å². The molecule has 0 aliphatic heterocycles. The van der Waals surface area contributed by atoms with Crippen LogP contribution in [0, 0.1) is 0 Å². The molecule has 0 heterocycles. The van der Waals surface area contributed by atoms with Gasteiger partial charge in [0.05, 0.1) is 7.85 Å². The van der Waals surface area contributed by atoms with Crippen LogP contribution < -0.4 is 0 Å². The third kappa shape index (κ3) is 80.0. The Hall–Kier alpha value is 0.0649. The van der Waals surface area contributed by atoms with Gasteiger partial charge in [-0.1, -0.05) is 153 Å². The van der Waals surface area contributed by atoms with Crippen LogP contribution in [-0.4, -0.2) is 7.85 Å². The second-order valence-electron chi connectivity index (χ2n) is 5.68. The highest BCUT2D eigenvalue weighted by Crippen LogP contribution is 2.07. The molecular weight excluding hydrogens is 287 g/mol. The van der Waals surface area contributed by atoms with Gasteiger partial charge in [0.2, 0.25) is 0 Å². The Morgan fingerprint density at radius 3 is 0.958 bits per heavy atom. The van der Waals surface area contributed by atoms with Crippen LogP contribution in [0.1, 0.15) is 148 Å². The normalized spacial score (nSPS) is 7.96. The molecule has 0 rings (SSSR count). The van der Waals surface area contributed by atoms with E-state index in [2.05, 4.69) is 34.6 Å². The van der Waals surface area contributed by atoms with Crippen LogP contribution in [-0.2, 0) is 0 Å². The molecule has 0 atom stereocenters. The summed E-state index contributed by atoms with van der Waals surface area (Å²) in [7, 11) is 5.37. The number of unbranched alkanes of at least 4 members (excludes halogenated alkanes) is 10. The zero-order chi connectivity index (χ0) is 17.9. The third-order valence-electron chi connectivity index (χ3n) is 3.01. The summed E-state index contributed by atoms with van der Waals surface area (Å²) in [6.07, 6.45) is 18.6. The number of hydrogen-bond acceptors (Lipinski definition) is 0.